The van der Waals surface area contributed by atoms with Crippen LogP contribution in [0.3, 0.4) is 0 Å². The predicted octanol–water partition coefficient (Wildman–Crippen LogP) is 1.08. The number of nitrogens with two attached hydrogens (primary N) is 1. The highest BCUT2D eigenvalue weighted by Gasteiger charge is 2.44. The van der Waals surface area contributed by atoms with Gasteiger partial charge in [0.25, 0.3) is 0 Å². The van der Waals surface area contributed by atoms with Crippen LogP contribution in [0.1, 0.15) is 33.1 Å². The number of carbonyl (C=O) groups excluding carboxylic acids is 1. The molecule has 2 unspecified atom stereocenters. The van der Waals surface area contributed by atoms with E-state index in [0.717, 1.165) is 19.3 Å². The molecule has 4 heteroatoms. The lowest BCUT2D eigenvalue weighted by molar-refractivity contribution is -0.156. The second kappa shape index (κ2) is 5.47. The Bertz CT molecular complexity index is 220. The zero-order valence-corrected chi connectivity index (χ0v) is 9.62. The molecule has 0 aliphatic heterocycles. The average molecular weight is 215 g/mol. The van der Waals surface area contributed by atoms with Gasteiger partial charge in [0.1, 0.15) is 6.61 Å². The second-order valence-corrected chi connectivity index (χ2v) is 4.25. The van der Waals surface area contributed by atoms with Crippen molar-refractivity contribution in [1.29, 1.82) is 0 Å². The fraction of sp³-hybridized carbons (Fsp3) is 0.909. The number of esters is 1. The SMILES string of the molecule is CCOCCOC(=O)C1(C)CCCC1N. The normalized spacial score (nSPS) is 30.5. The van der Waals surface area contributed by atoms with E-state index < -0.39 is 5.41 Å². The Morgan fingerprint density at radius 3 is 2.80 bits per heavy atom. The maximum atomic E-state index is 11.8. The highest BCUT2D eigenvalue weighted by Crippen LogP contribution is 2.37. The van der Waals surface area contributed by atoms with Crippen LogP contribution in [0.5, 0.6) is 0 Å². The van der Waals surface area contributed by atoms with E-state index in [4.69, 9.17) is 15.2 Å². The lowest BCUT2D eigenvalue weighted by atomic mass is 9.85. The van der Waals surface area contributed by atoms with Gasteiger partial charge < -0.3 is 15.2 Å². The quantitative estimate of drug-likeness (QED) is 0.550. The summed E-state index contributed by atoms with van der Waals surface area (Å²) in [6, 6.07) is -0.0582. The lowest BCUT2D eigenvalue weighted by Crippen LogP contribution is -2.42. The molecule has 0 saturated heterocycles. The van der Waals surface area contributed by atoms with Crippen LogP contribution in [0.25, 0.3) is 0 Å². The van der Waals surface area contributed by atoms with Gasteiger partial charge >= 0.3 is 5.97 Å². The van der Waals surface area contributed by atoms with E-state index in [1.54, 1.807) is 0 Å². The molecular weight excluding hydrogens is 194 g/mol. The van der Waals surface area contributed by atoms with Gasteiger partial charge in [0.2, 0.25) is 0 Å². The van der Waals surface area contributed by atoms with Crippen molar-refractivity contribution in [3.05, 3.63) is 0 Å². The highest BCUT2D eigenvalue weighted by atomic mass is 16.6. The molecule has 0 aromatic heterocycles. The third-order valence-electron chi connectivity index (χ3n) is 3.16. The van der Waals surface area contributed by atoms with E-state index in [1.807, 2.05) is 13.8 Å². The van der Waals surface area contributed by atoms with Crippen LogP contribution >= 0.6 is 0 Å². The third-order valence-corrected chi connectivity index (χ3v) is 3.16. The van der Waals surface area contributed by atoms with Crippen LogP contribution in [-0.2, 0) is 14.3 Å². The van der Waals surface area contributed by atoms with Gasteiger partial charge in [-0.2, -0.15) is 0 Å². The van der Waals surface area contributed by atoms with Crippen molar-refractivity contribution in [3.8, 4) is 0 Å². The molecule has 88 valence electrons. The van der Waals surface area contributed by atoms with E-state index in [9.17, 15) is 4.79 Å². The van der Waals surface area contributed by atoms with Crippen LogP contribution < -0.4 is 5.73 Å². The molecule has 1 saturated carbocycles. The third kappa shape index (κ3) is 2.92. The molecule has 0 bridgehead atoms. The smallest absolute Gasteiger partial charge is 0.313 e. The summed E-state index contributed by atoms with van der Waals surface area (Å²) in [5.41, 5.74) is 5.43. The molecule has 0 spiro atoms. The molecule has 0 aromatic rings. The van der Waals surface area contributed by atoms with E-state index in [-0.39, 0.29) is 12.0 Å². The summed E-state index contributed by atoms with van der Waals surface area (Å²) in [5, 5.41) is 0. The number of hydrogen-bond acceptors (Lipinski definition) is 4. The van der Waals surface area contributed by atoms with Crippen molar-refractivity contribution in [2.24, 2.45) is 11.1 Å². The van der Waals surface area contributed by atoms with Gasteiger partial charge in [0, 0.05) is 12.6 Å². The Labute approximate surface area is 91.1 Å². The summed E-state index contributed by atoms with van der Waals surface area (Å²) >= 11 is 0. The molecule has 1 aliphatic rings. The number of carbonyl (C=O) groups is 1. The fourth-order valence-corrected chi connectivity index (χ4v) is 1.95. The Kier molecular flexibility index (Phi) is 4.54. The first-order chi connectivity index (χ1) is 7.11. The molecule has 4 nitrogen and oxygen atoms in total. The minimum absolute atomic E-state index is 0.0582. The zero-order chi connectivity index (χ0) is 11.3. The van der Waals surface area contributed by atoms with Crippen LogP contribution in [0.4, 0.5) is 0 Å². The second-order valence-electron chi connectivity index (χ2n) is 4.25. The summed E-state index contributed by atoms with van der Waals surface area (Å²) in [7, 11) is 0. The van der Waals surface area contributed by atoms with E-state index in [1.165, 1.54) is 0 Å². The minimum atomic E-state index is -0.480. The zero-order valence-electron chi connectivity index (χ0n) is 9.62. The van der Waals surface area contributed by atoms with Crippen molar-refractivity contribution in [2.75, 3.05) is 19.8 Å². The Morgan fingerprint density at radius 2 is 2.27 bits per heavy atom. The Hall–Kier alpha value is -0.610. The Balaban J connectivity index is 2.32. The van der Waals surface area contributed by atoms with Gasteiger partial charge in [-0.15, -0.1) is 0 Å². The number of hydrogen-bond donors (Lipinski definition) is 1. The number of ether oxygens (including phenoxy) is 2. The average Bonchev–Trinajstić information content (AvgIpc) is 2.55. The van der Waals surface area contributed by atoms with Gasteiger partial charge in [-0.25, -0.2) is 0 Å². The molecule has 15 heavy (non-hydrogen) atoms. The summed E-state index contributed by atoms with van der Waals surface area (Å²) in [5.74, 6) is -0.174. The number of rotatable bonds is 5. The fourth-order valence-electron chi connectivity index (χ4n) is 1.95. The Morgan fingerprint density at radius 1 is 1.53 bits per heavy atom. The van der Waals surface area contributed by atoms with Gasteiger partial charge in [-0.05, 0) is 26.7 Å². The topological polar surface area (TPSA) is 61.5 Å². The van der Waals surface area contributed by atoms with E-state index in [0.29, 0.717) is 19.8 Å². The molecule has 2 N–H and O–H groups in total. The maximum Gasteiger partial charge on any atom is 0.313 e. The monoisotopic (exact) mass is 215 g/mol. The van der Waals surface area contributed by atoms with Gasteiger partial charge in [-0.3, -0.25) is 4.79 Å². The molecular formula is C11H21NO3. The first-order valence-electron chi connectivity index (χ1n) is 5.62. The maximum absolute atomic E-state index is 11.8. The molecule has 0 heterocycles. The van der Waals surface area contributed by atoms with Crippen LogP contribution in [-0.4, -0.2) is 31.8 Å². The molecule has 2 atom stereocenters. The van der Waals surface area contributed by atoms with Crippen molar-refractivity contribution >= 4 is 5.97 Å². The van der Waals surface area contributed by atoms with Crippen LogP contribution in [0, 0.1) is 5.41 Å². The van der Waals surface area contributed by atoms with Crippen molar-refractivity contribution in [3.63, 3.8) is 0 Å². The van der Waals surface area contributed by atoms with Crippen LogP contribution in [0.2, 0.25) is 0 Å². The molecule has 1 fully saturated rings. The lowest BCUT2D eigenvalue weighted by Gasteiger charge is -2.26. The van der Waals surface area contributed by atoms with Crippen LogP contribution in [0.15, 0.2) is 0 Å². The first-order valence-corrected chi connectivity index (χ1v) is 5.62. The summed E-state index contributed by atoms with van der Waals surface area (Å²) < 4.78 is 10.3. The standard InChI is InChI=1S/C11H21NO3/c1-3-14-7-8-15-10(13)11(2)6-4-5-9(11)12/h9H,3-8,12H2,1-2H3. The van der Waals surface area contributed by atoms with Crippen molar-refractivity contribution < 1.29 is 14.3 Å². The van der Waals surface area contributed by atoms with Crippen molar-refractivity contribution in [1.82, 2.24) is 0 Å². The van der Waals surface area contributed by atoms with Gasteiger partial charge in [0.15, 0.2) is 0 Å². The minimum Gasteiger partial charge on any atom is -0.463 e. The molecule has 0 radical (unpaired) electrons. The summed E-state index contributed by atoms with van der Waals surface area (Å²) in [6.07, 6.45) is 2.76. The molecule has 1 rings (SSSR count). The van der Waals surface area contributed by atoms with Crippen molar-refractivity contribution in [2.45, 2.75) is 39.2 Å². The highest BCUT2D eigenvalue weighted by molar-refractivity contribution is 5.77. The summed E-state index contributed by atoms with van der Waals surface area (Å²) in [6.45, 7) is 5.25. The molecule has 0 aromatic carbocycles. The van der Waals surface area contributed by atoms with E-state index >= 15 is 0 Å². The predicted molar refractivity (Wildman–Crippen MR) is 57.4 cm³/mol. The summed E-state index contributed by atoms with van der Waals surface area (Å²) in [4.78, 5) is 11.8. The largest absolute Gasteiger partial charge is 0.463 e. The molecule has 0 amide bonds. The van der Waals surface area contributed by atoms with Gasteiger partial charge in [0.05, 0.1) is 12.0 Å². The van der Waals surface area contributed by atoms with Gasteiger partial charge in [-0.1, -0.05) is 6.42 Å². The first kappa shape index (κ1) is 12.5. The molecule has 1 aliphatic carbocycles. The van der Waals surface area contributed by atoms with E-state index in [2.05, 4.69) is 0 Å².